The Morgan fingerprint density at radius 3 is 2.73 bits per heavy atom. The first-order valence-electron chi connectivity index (χ1n) is 12.4. The average molecular weight is 423 g/mol. The molecule has 2 N–H and O–H groups in total. The fraction of sp³-hybridized carbons (Fsp3) is 0.880. The van der Waals surface area contributed by atoms with Crippen molar-refractivity contribution in [1.82, 2.24) is 0 Å². The van der Waals surface area contributed by atoms with Crippen molar-refractivity contribution in [3.8, 4) is 0 Å². The Kier molecular flexibility index (Phi) is 9.66. The van der Waals surface area contributed by atoms with Gasteiger partial charge in [0.1, 0.15) is 12.7 Å². The minimum atomic E-state index is -0.391. The Bertz CT molecular complexity index is 542. The Labute approximate surface area is 182 Å². The topological polar surface area (TPSA) is 76.0 Å². The lowest BCUT2D eigenvalue weighted by atomic mass is 9.89. The molecular formula is C25H42O5. The van der Waals surface area contributed by atoms with Gasteiger partial charge in [-0.1, -0.05) is 38.3 Å². The number of rotatable bonds is 12. The fourth-order valence-corrected chi connectivity index (χ4v) is 5.87. The Balaban J connectivity index is 1.33. The Morgan fingerprint density at radius 1 is 1.17 bits per heavy atom. The van der Waals surface area contributed by atoms with Crippen molar-refractivity contribution >= 4 is 5.97 Å². The summed E-state index contributed by atoms with van der Waals surface area (Å²) >= 11 is 0. The zero-order chi connectivity index (χ0) is 21.3. The summed E-state index contributed by atoms with van der Waals surface area (Å²) in [5.41, 5.74) is 0. The highest BCUT2D eigenvalue weighted by atomic mass is 16.6. The maximum atomic E-state index is 11.8. The molecule has 0 radical (unpaired) electrons. The SMILES string of the molecule is CCCCCC(O)C=C[C@H]1[C@@H]2CC(CCOCC(=O)OC3CCCC3)C[C@H]2C[C@@H]1O. The number of fused-ring (bicyclic) bond motifs is 1. The van der Waals surface area contributed by atoms with Crippen LogP contribution in [-0.2, 0) is 14.3 Å². The molecule has 172 valence electrons. The van der Waals surface area contributed by atoms with E-state index in [1.807, 2.05) is 6.08 Å². The lowest BCUT2D eigenvalue weighted by Gasteiger charge is -2.19. The van der Waals surface area contributed by atoms with Crippen LogP contribution >= 0.6 is 0 Å². The number of hydrogen-bond donors (Lipinski definition) is 2. The van der Waals surface area contributed by atoms with Gasteiger partial charge < -0.3 is 19.7 Å². The summed E-state index contributed by atoms with van der Waals surface area (Å²) in [6, 6.07) is 0. The number of unbranched alkanes of at least 4 members (excludes halogenated alkanes) is 2. The van der Waals surface area contributed by atoms with Crippen LogP contribution in [-0.4, -0.2) is 47.7 Å². The van der Waals surface area contributed by atoms with E-state index in [0.29, 0.717) is 24.4 Å². The molecule has 2 unspecified atom stereocenters. The number of aliphatic hydroxyl groups is 2. The van der Waals surface area contributed by atoms with Crippen molar-refractivity contribution in [3.63, 3.8) is 0 Å². The molecule has 5 nitrogen and oxygen atoms in total. The molecular weight excluding hydrogens is 380 g/mol. The van der Waals surface area contributed by atoms with Crippen molar-refractivity contribution in [2.75, 3.05) is 13.2 Å². The molecule has 0 spiro atoms. The van der Waals surface area contributed by atoms with E-state index in [-0.39, 0.29) is 30.7 Å². The first-order valence-corrected chi connectivity index (χ1v) is 12.4. The highest BCUT2D eigenvalue weighted by molar-refractivity contribution is 5.70. The highest BCUT2D eigenvalue weighted by Gasteiger charge is 2.46. The molecule has 0 saturated heterocycles. The van der Waals surface area contributed by atoms with Crippen LogP contribution in [0, 0.1) is 23.7 Å². The van der Waals surface area contributed by atoms with Gasteiger partial charge in [0.05, 0.1) is 12.2 Å². The van der Waals surface area contributed by atoms with E-state index in [9.17, 15) is 15.0 Å². The maximum Gasteiger partial charge on any atom is 0.332 e. The molecule has 3 rings (SSSR count). The standard InChI is InChI=1S/C25H42O5/c1-2-3-4-7-20(26)10-11-22-23-15-18(14-19(23)16-24(22)27)12-13-29-17-25(28)30-21-8-5-6-9-21/h10-11,18-24,26-27H,2-9,12-17H2,1H3/t18?,19-,20?,22-,23+,24-/m0/s1. The molecule has 6 atom stereocenters. The van der Waals surface area contributed by atoms with E-state index in [4.69, 9.17) is 9.47 Å². The Morgan fingerprint density at radius 2 is 1.97 bits per heavy atom. The van der Waals surface area contributed by atoms with Crippen LogP contribution in [0.15, 0.2) is 12.2 Å². The summed E-state index contributed by atoms with van der Waals surface area (Å²) in [6.07, 6.45) is 16.0. The molecule has 0 amide bonds. The van der Waals surface area contributed by atoms with Gasteiger partial charge in [0.2, 0.25) is 0 Å². The summed E-state index contributed by atoms with van der Waals surface area (Å²) < 4.78 is 11.0. The number of ether oxygens (including phenoxy) is 2. The van der Waals surface area contributed by atoms with E-state index in [2.05, 4.69) is 13.0 Å². The smallest absolute Gasteiger partial charge is 0.332 e. The molecule has 3 saturated carbocycles. The van der Waals surface area contributed by atoms with Crippen LogP contribution in [0.3, 0.4) is 0 Å². The van der Waals surface area contributed by atoms with Crippen LogP contribution < -0.4 is 0 Å². The molecule has 3 fully saturated rings. The van der Waals surface area contributed by atoms with Crippen molar-refractivity contribution in [2.45, 2.75) is 102 Å². The summed E-state index contributed by atoms with van der Waals surface area (Å²) in [6.45, 7) is 2.83. The molecule has 30 heavy (non-hydrogen) atoms. The van der Waals surface area contributed by atoms with E-state index < -0.39 is 6.10 Å². The van der Waals surface area contributed by atoms with Gasteiger partial charge in [-0.15, -0.1) is 0 Å². The Hall–Kier alpha value is -0.910. The zero-order valence-electron chi connectivity index (χ0n) is 18.7. The number of carbonyl (C=O) groups excluding carboxylic acids is 1. The van der Waals surface area contributed by atoms with Gasteiger partial charge in [-0.25, -0.2) is 4.79 Å². The summed E-state index contributed by atoms with van der Waals surface area (Å²) in [5, 5.41) is 20.7. The summed E-state index contributed by atoms with van der Waals surface area (Å²) in [4.78, 5) is 11.8. The quantitative estimate of drug-likeness (QED) is 0.277. The summed E-state index contributed by atoms with van der Waals surface area (Å²) in [5.74, 6) is 1.63. The van der Waals surface area contributed by atoms with Gasteiger partial charge >= 0.3 is 5.97 Å². The predicted molar refractivity (Wildman–Crippen MR) is 117 cm³/mol. The second-order valence-corrected chi connectivity index (χ2v) is 9.83. The van der Waals surface area contributed by atoms with Crippen LogP contribution in [0.5, 0.6) is 0 Å². The van der Waals surface area contributed by atoms with E-state index >= 15 is 0 Å². The number of aliphatic hydroxyl groups excluding tert-OH is 2. The van der Waals surface area contributed by atoms with Gasteiger partial charge in [-0.05, 0) is 75.5 Å². The third-order valence-electron chi connectivity index (χ3n) is 7.48. The monoisotopic (exact) mass is 422 g/mol. The molecule has 0 bridgehead atoms. The molecule has 0 aromatic heterocycles. The van der Waals surface area contributed by atoms with Crippen LogP contribution in [0.2, 0.25) is 0 Å². The van der Waals surface area contributed by atoms with E-state index in [1.165, 1.54) is 0 Å². The van der Waals surface area contributed by atoms with E-state index in [1.54, 1.807) is 0 Å². The van der Waals surface area contributed by atoms with Crippen LogP contribution in [0.25, 0.3) is 0 Å². The molecule has 3 aliphatic carbocycles. The molecule has 5 heteroatoms. The number of esters is 1. The van der Waals surface area contributed by atoms with Crippen LogP contribution in [0.4, 0.5) is 0 Å². The zero-order valence-corrected chi connectivity index (χ0v) is 18.7. The third-order valence-corrected chi connectivity index (χ3v) is 7.48. The first-order chi connectivity index (χ1) is 14.6. The normalized spacial score (nSPS) is 32.7. The van der Waals surface area contributed by atoms with Gasteiger partial charge in [-0.3, -0.25) is 0 Å². The fourth-order valence-electron chi connectivity index (χ4n) is 5.87. The molecule has 0 aromatic carbocycles. The highest BCUT2D eigenvalue weighted by Crippen LogP contribution is 2.51. The lowest BCUT2D eigenvalue weighted by molar-refractivity contribution is -0.154. The minimum Gasteiger partial charge on any atom is -0.461 e. The molecule has 0 heterocycles. The van der Waals surface area contributed by atoms with Crippen molar-refractivity contribution in [1.29, 1.82) is 0 Å². The first kappa shape index (κ1) is 23.7. The average Bonchev–Trinajstić information content (AvgIpc) is 3.41. The van der Waals surface area contributed by atoms with Gasteiger partial charge in [0.25, 0.3) is 0 Å². The largest absolute Gasteiger partial charge is 0.461 e. The van der Waals surface area contributed by atoms with Crippen molar-refractivity contribution in [2.24, 2.45) is 23.7 Å². The summed E-state index contributed by atoms with van der Waals surface area (Å²) in [7, 11) is 0. The van der Waals surface area contributed by atoms with Gasteiger partial charge in [0, 0.05) is 12.5 Å². The van der Waals surface area contributed by atoms with Crippen molar-refractivity contribution in [3.05, 3.63) is 12.2 Å². The van der Waals surface area contributed by atoms with Crippen molar-refractivity contribution < 1.29 is 24.5 Å². The van der Waals surface area contributed by atoms with Gasteiger partial charge in [0.15, 0.2) is 0 Å². The predicted octanol–water partition coefficient (Wildman–Crippen LogP) is 4.40. The lowest BCUT2D eigenvalue weighted by Crippen LogP contribution is -2.20. The number of hydrogen-bond acceptors (Lipinski definition) is 5. The second-order valence-electron chi connectivity index (χ2n) is 9.83. The molecule has 0 aliphatic heterocycles. The number of carbonyl (C=O) groups is 1. The third kappa shape index (κ3) is 7.06. The minimum absolute atomic E-state index is 0.0655. The molecule has 0 aromatic rings. The maximum absolute atomic E-state index is 11.8. The van der Waals surface area contributed by atoms with Crippen LogP contribution in [0.1, 0.15) is 84.0 Å². The van der Waals surface area contributed by atoms with Gasteiger partial charge in [-0.2, -0.15) is 0 Å². The molecule has 3 aliphatic rings. The second kappa shape index (κ2) is 12.2. The van der Waals surface area contributed by atoms with E-state index in [0.717, 1.165) is 77.0 Å².